The zero-order valence-electron chi connectivity index (χ0n) is 11.5. The summed E-state index contributed by atoms with van der Waals surface area (Å²) >= 11 is 0. The molecular formula is C16H22N2O. The van der Waals surface area contributed by atoms with Gasteiger partial charge in [-0.1, -0.05) is 37.3 Å². The molecule has 3 heteroatoms. The molecule has 1 aromatic carbocycles. The second kappa shape index (κ2) is 5.33. The van der Waals surface area contributed by atoms with Gasteiger partial charge in [-0.3, -0.25) is 4.79 Å². The van der Waals surface area contributed by atoms with Crippen LogP contribution in [0, 0.1) is 11.8 Å². The molecule has 2 fully saturated rings. The quantitative estimate of drug-likeness (QED) is 0.895. The highest BCUT2D eigenvalue weighted by atomic mass is 16.2. The summed E-state index contributed by atoms with van der Waals surface area (Å²) in [4.78, 5) is 14.5. The van der Waals surface area contributed by atoms with E-state index in [0.717, 1.165) is 32.5 Å². The van der Waals surface area contributed by atoms with E-state index in [-0.39, 0.29) is 6.04 Å². The van der Waals surface area contributed by atoms with Crippen LogP contribution in [0.1, 0.15) is 18.9 Å². The minimum atomic E-state index is 0.0829. The van der Waals surface area contributed by atoms with Gasteiger partial charge in [-0.25, -0.2) is 0 Å². The van der Waals surface area contributed by atoms with E-state index in [1.54, 1.807) is 0 Å². The lowest BCUT2D eigenvalue weighted by Gasteiger charge is -2.35. The summed E-state index contributed by atoms with van der Waals surface area (Å²) in [5.74, 6) is 1.52. The first-order chi connectivity index (χ1) is 9.25. The van der Waals surface area contributed by atoms with Crippen molar-refractivity contribution < 1.29 is 4.79 Å². The number of hydrogen-bond donors (Lipinski definition) is 1. The number of benzene rings is 1. The Hall–Kier alpha value is -1.35. The van der Waals surface area contributed by atoms with Gasteiger partial charge in [0.25, 0.3) is 0 Å². The van der Waals surface area contributed by atoms with Crippen molar-refractivity contribution in [2.45, 2.75) is 25.8 Å². The monoisotopic (exact) mass is 258 g/mol. The molecule has 102 valence electrons. The molecule has 0 aliphatic carbocycles. The van der Waals surface area contributed by atoms with Crippen molar-refractivity contribution in [3.8, 4) is 0 Å². The summed E-state index contributed by atoms with van der Waals surface area (Å²) in [5, 5.41) is 3.40. The van der Waals surface area contributed by atoms with E-state index >= 15 is 0 Å². The van der Waals surface area contributed by atoms with Crippen LogP contribution in [0.5, 0.6) is 0 Å². The Balaban J connectivity index is 1.59. The highest BCUT2D eigenvalue weighted by molar-refractivity contribution is 5.83. The number of piperidine rings is 1. The fourth-order valence-electron chi connectivity index (χ4n) is 3.41. The van der Waals surface area contributed by atoms with Crippen LogP contribution in [0.2, 0.25) is 0 Å². The third kappa shape index (κ3) is 2.52. The Bertz CT molecular complexity index is 445. The molecule has 3 rings (SSSR count). The molecule has 1 aromatic rings. The maximum Gasteiger partial charge on any atom is 0.240 e. The topological polar surface area (TPSA) is 32.3 Å². The van der Waals surface area contributed by atoms with E-state index in [2.05, 4.69) is 36.5 Å². The largest absolute Gasteiger partial charge is 0.341 e. The van der Waals surface area contributed by atoms with Crippen LogP contribution < -0.4 is 5.32 Å². The van der Waals surface area contributed by atoms with Gasteiger partial charge in [-0.05, 0) is 36.8 Å². The number of amides is 1. The highest BCUT2D eigenvalue weighted by Crippen LogP contribution is 2.30. The average Bonchev–Trinajstić information content (AvgIpc) is 2.82. The lowest BCUT2D eigenvalue weighted by molar-refractivity contribution is -0.137. The Morgan fingerprint density at radius 3 is 2.89 bits per heavy atom. The van der Waals surface area contributed by atoms with Crippen LogP contribution in [0.15, 0.2) is 30.3 Å². The average molecular weight is 258 g/mol. The molecule has 2 saturated heterocycles. The summed E-state index contributed by atoms with van der Waals surface area (Å²) in [6.45, 7) is 5.03. The first-order valence-corrected chi connectivity index (χ1v) is 7.32. The molecule has 0 spiro atoms. The third-order valence-electron chi connectivity index (χ3n) is 4.64. The predicted octanol–water partition coefficient (Wildman–Crippen LogP) is 1.69. The van der Waals surface area contributed by atoms with Gasteiger partial charge in [0.05, 0.1) is 6.04 Å². The van der Waals surface area contributed by atoms with Crippen molar-refractivity contribution in [1.82, 2.24) is 10.2 Å². The van der Waals surface area contributed by atoms with Crippen molar-refractivity contribution in [2.75, 3.05) is 19.6 Å². The zero-order valence-corrected chi connectivity index (χ0v) is 11.5. The number of fused-ring (bicyclic) bond motifs is 1. The molecule has 1 N–H and O–H groups in total. The summed E-state index contributed by atoms with van der Waals surface area (Å²) < 4.78 is 0. The summed E-state index contributed by atoms with van der Waals surface area (Å²) in [6, 6.07) is 10.5. The summed E-state index contributed by atoms with van der Waals surface area (Å²) in [6.07, 6.45) is 2.11. The predicted molar refractivity (Wildman–Crippen MR) is 75.8 cm³/mol. The smallest absolute Gasteiger partial charge is 0.240 e. The number of carbonyl (C=O) groups excluding carboxylic acids is 1. The molecule has 3 atom stereocenters. The Kier molecular flexibility index (Phi) is 3.56. The molecule has 2 heterocycles. The minimum absolute atomic E-state index is 0.0829. The number of rotatable bonds is 3. The lowest BCUT2D eigenvalue weighted by Crippen LogP contribution is -2.52. The minimum Gasteiger partial charge on any atom is -0.341 e. The van der Waals surface area contributed by atoms with Crippen LogP contribution in [0.3, 0.4) is 0 Å². The van der Waals surface area contributed by atoms with E-state index in [9.17, 15) is 4.79 Å². The van der Waals surface area contributed by atoms with Crippen molar-refractivity contribution >= 4 is 5.91 Å². The number of likely N-dealkylation sites (tertiary alicyclic amines) is 1. The van der Waals surface area contributed by atoms with E-state index in [0.29, 0.717) is 17.7 Å². The van der Waals surface area contributed by atoms with Crippen molar-refractivity contribution in [3.63, 3.8) is 0 Å². The van der Waals surface area contributed by atoms with E-state index in [4.69, 9.17) is 0 Å². The second-order valence-electron chi connectivity index (χ2n) is 5.88. The zero-order chi connectivity index (χ0) is 13.2. The molecule has 3 unspecified atom stereocenters. The molecule has 19 heavy (non-hydrogen) atoms. The third-order valence-corrected chi connectivity index (χ3v) is 4.64. The second-order valence-corrected chi connectivity index (χ2v) is 5.88. The van der Waals surface area contributed by atoms with Crippen molar-refractivity contribution in [2.24, 2.45) is 11.8 Å². The first kappa shape index (κ1) is 12.7. The van der Waals surface area contributed by atoms with Crippen LogP contribution in [0.25, 0.3) is 0 Å². The summed E-state index contributed by atoms with van der Waals surface area (Å²) in [7, 11) is 0. The Morgan fingerprint density at radius 2 is 2.11 bits per heavy atom. The molecule has 0 bridgehead atoms. The fourth-order valence-corrected chi connectivity index (χ4v) is 3.41. The first-order valence-electron chi connectivity index (χ1n) is 7.32. The van der Waals surface area contributed by atoms with E-state index in [1.807, 2.05) is 11.0 Å². The van der Waals surface area contributed by atoms with Crippen LogP contribution in [-0.4, -0.2) is 36.5 Å². The Morgan fingerprint density at radius 1 is 1.32 bits per heavy atom. The van der Waals surface area contributed by atoms with Gasteiger partial charge >= 0.3 is 0 Å². The van der Waals surface area contributed by atoms with Gasteiger partial charge in [0.15, 0.2) is 0 Å². The van der Waals surface area contributed by atoms with Gasteiger partial charge < -0.3 is 10.2 Å². The molecule has 0 aromatic heterocycles. The Labute approximate surface area is 115 Å². The molecule has 3 nitrogen and oxygen atoms in total. The van der Waals surface area contributed by atoms with Gasteiger partial charge in [-0.2, -0.15) is 0 Å². The number of nitrogens with zero attached hydrogens (tertiary/aromatic N) is 1. The molecule has 0 saturated carbocycles. The number of carbonyl (C=O) groups is 1. The number of nitrogens with one attached hydrogen (secondary N) is 1. The molecule has 2 aliphatic rings. The highest BCUT2D eigenvalue weighted by Gasteiger charge is 2.42. The van der Waals surface area contributed by atoms with Crippen molar-refractivity contribution in [1.29, 1.82) is 0 Å². The lowest BCUT2D eigenvalue weighted by atomic mass is 9.85. The fraction of sp³-hybridized carbons (Fsp3) is 0.562. The van der Waals surface area contributed by atoms with E-state index in [1.165, 1.54) is 5.56 Å². The molecule has 1 amide bonds. The summed E-state index contributed by atoms with van der Waals surface area (Å²) in [5.41, 5.74) is 1.31. The molecular weight excluding hydrogens is 236 g/mol. The maximum absolute atomic E-state index is 12.4. The van der Waals surface area contributed by atoms with Crippen molar-refractivity contribution in [3.05, 3.63) is 35.9 Å². The van der Waals surface area contributed by atoms with Crippen LogP contribution in [-0.2, 0) is 11.2 Å². The van der Waals surface area contributed by atoms with Gasteiger partial charge in [0.2, 0.25) is 5.91 Å². The van der Waals surface area contributed by atoms with Gasteiger partial charge in [0.1, 0.15) is 0 Å². The molecule has 2 aliphatic heterocycles. The van der Waals surface area contributed by atoms with Gasteiger partial charge in [0, 0.05) is 13.1 Å². The van der Waals surface area contributed by atoms with E-state index < -0.39 is 0 Å². The van der Waals surface area contributed by atoms with Crippen LogP contribution >= 0.6 is 0 Å². The number of hydrogen-bond acceptors (Lipinski definition) is 2. The van der Waals surface area contributed by atoms with Crippen LogP contribution in [0.4, 0.5) is 0 Å². The standard InChI is InChI=1S/C16H22N2O/c1-12-11-17-15-14(12)8-10-18(16(15)19)9-7-13-5-3-2-4-6-13/h2-6,12,14-15,17H,7-11H2,1H3. The maximum atomic E-state index is 12.4. The van der Waals surface area contributed by atoms with Gasteiger partial charge in [-0.15, -0.1) is 0 Å². The normalized spacial score (nSPS) is 30.5. The molecule has 0 radical (unpaired) electrons. The SMILES string of the molecule is CC1CNC2C(=O)N(CCc3ccccc3)CCC12.